The predicted molar refractivity (Wildman–Crippen MR) is 134 cm³/mol. The number of carbonyl (C=O) groups excluding carboxylic acids is 2. The molecule has 2 amide bonds. The van der Waals surface area contributed by atoms with E-state index in [1.54, 1.807) is 36.4 Å². The molecular weight excluding hydrogens is 472 g/mol. The lowest BCUT2D eigenvalue weighted by Gasteiger charge is -2.30. The molecule has 34 heavy (non-hydrogen) atoms. The molecule has 10 heteroatoms. The van der Waals surface area contributed by atoms with Gasteiger partial charge in [0.05, 0.1) is 10.5 Å². The normalized spacial score (nSPS) is 14.0. The summed E-state index contributed by atoms with van der Waals surface area (Å²) in [4.78, 5) is 28.7. The fourth-order valence-corrected chi connectivity index (χ4v) is 6.27. The van der Waals surface area contributed by atoms with Gasteiger partial charge in [-0.25, -0.2) is 8.42 Å². The van der Waals surface area contributed by atoms with Gasteiger partial charge in [0.25, 0.3) is 21.8 Å². The molecule has 1 aliphatic rings. The van der Waals surface area contributed by atoms with E-state index < -0.39 is 21.8 Å². The lowest BCUT2D eigenvalue weighted by molar-refractivity contribution is 0.0999. The van der Waals surface area contributed by atoms with Crippen molar-refractivity contribution in [3.63, 3.8) is 0 Å². The summed E-state index contributed by atoms with van der Waals surface area (Å²) < 4.78 is 27.7. The van der Waals surface area contributed by atoms with Crippen LogP contribution in [0.3, 0.4) is 0 Å². The molecule has 1 aliphatic heterocycles. The number of nitrogens with two attached hydrogens (primary N) is 1. The Morgan fingerprint density at radius 1 is 1.09 bits per heavy atom. The molecule has 178 valence electrons. The molecule has 3 aromatic rings. The monoisotopic (exact) mass is 498 g/mol. The van der Waals surface area contributed by atoms with Gasteiger partial charge < -0.3 is 11.1 Å². The van der Waals surface area contributed by atoms with Crippen molar-refractivity contribution in [2.45, 2.75) is 37.8 Å². The van der Waals surface area contributed by atoms with Crippen molar-refractivity contribution in [1.82, 2.24) is 4.90 Å². The lowest BCUT2D eigenvalue weighted by Crippen LogP contribution is -2.35. The second kappa shape index (κ2) is 9.57. The molecule has 4 rings (SSSR count). The minimum absolute atomic E-state index is 0.121. The lowest BCUT2D eigenvalue weighted by atomic mass is 10.0. The third-order valence-electron chi connectivity index (χ3n) is 5.72. The Bertz CT molecular complexity index is 1330. The number of benzene rings is 2. The second-order valence-electron chi connectivity index (χ2n) is 8.34. The summed E-state index contributed by atoms with van der Waals surface area (Å²) in [6.07, 6.45) is 0.689. The van der Waals surface area contributed by atoms with Crippen LogP contribution in [-0.4, -0.2) is 37.7 Å². The van der Waals surface area contributed by atoms with Crippen LogP contribution in [0.2, 0.25) is 0 Å². The minimum atomic E-state index is -3.79. The van der Waals surface area contributed by atoms with Crippen molar-refractivity contribution in [2.75, 3.05) is 16.6 Å². The first kappa shape index (κ1) is 23.9. The van der Waals surface area contributed by atoms with E-state index in [1.807, 2.05) is 0 Å². The highest BCUT2D eigenvalue weighted by molar-refractivity contribution is 7.92. The van der Waals surface area contributed by atoms with E-state index in [4.69, 9.17) is 5.73 Å². The molecule has 4 N–H and O–H groups in total. The molecular formula is C24H26N4O4S2. The van der Waals surface area contributed by atoms with Crippen LogP contribution in [0.25, 0.3) is 0 Å². The van der Waals surface area contributed by atoms with E-state index in [2.05, 4.69) is 28.8 Å². The number of hydrogen-bond donors (Lipinski definition) is 3. The highest BCUT2D eigenvalue weighted by Crippen LogP contribution is 2.37. The molecule has 2 aromatic carbocycles. The van der Waals surface area contributed by atoms with E-state index in [0.29, 0.717) is 29.6 Å². The zero-order valence-electron chi connectivity index (χ0n) is 18.9. The summed E-state index contributed by atoms with van der Waals surface area (Å²) in [6.45, 7) is 5.76. The first-order chi connectivity index (χ1) is 16.2. The Hall–Kier alpha value is -3.21. The van der Waals surface area contributed by atoms with Gasteiger partial charge in [0, 0.05) is 35.3 Å². The number of thiophene rings is 1. The molecule has 1 aromatic heterocycles. The third kappa shape index (κ3) is 4.98. The number of sulfonamides is 1. The number of anilines is 2. The minimum Gasteiger partial charge on any atom is -0.365 e. The van der Waals surface area contributed by atoms with Crippen molar-refractivity contribution in [2.24, 2.45) is 5.73 Å². The van der Waals surface area contributed by atoms with Crippen molar-refractivity contribution in [3.8, 4) is 0 Å². The van der Waals surface area contributed by atoms with Gasteiger partial charge in [0.2, 0.25) is 0 Å². The van der Waals surface area contributed by atoms with Crippen molar-refractivity contribution in [1.29, 1.82) is 0 Å². The molecule has 0 atom stereocenters. The quantitative estimate of drug-likeness (QED) is 0.459. The Kier molecular flexibility index (Phi) is 6.74. The number of nitrogens with one attached hydrogen (secondary N) is 2. The summed E-state index contributed by atoms with van der Waals surface area (Å²) in [5.74, 6) is -1.03. The molecule has 0 saturated carbocycles. The van der Waals surface area contributed by atoms with Crippen molar-refractivity contribution < 1.29 is 18.0 Å². The van der Waals surface area contributed by atoms with Crippen LogP contribution in [0.5, 0.6) is 0 Å². The van der Waals surface area contributed by atoms with Gasteiger partial charge in [-0.2, -0.15) is 0 Å². The molecule has 0 saturated heterocycles. The number of primary amides is 1. The largest absolute Gasteiger partial charge is 0.365 e. The van der Waals surface area contributed by atoms with Crippen LogP contribution in [0, 0.1) is 0 Å². The van der Waals surface area contributed by atoms with E-state index in [-0.39, 0.29) is 16.1 Å². The van der Waals surface area contributed by atoms with E-state index >= 15 is 0 Å². The fraction of sp³-hybridized carbons (Fsp3) is 0.250. The van der Waals surface area contributed by atoms with Gasteiger partial charge >= 0.3 is 0 Å². The molecule has 0 spiro atoms. The van der Waals surface area contributed by atoms with Gasteiger partial charge in [-0.15, -0.1) is 11.3 Å². The summed E-state index contributed by atoms with van der Waals surface area (Å²) in [5, 5.41) is 3.23. The topological polar surface area (TPSA) is 122 Å². The molecule has 0 aliphatic carbocycles. The highest BCUT2D eigenvalue weighted by Gasteiger charge is 2.28. The summed E-state index contributed by atoms with van der Waals surface area (Å²) >= 11 is 1.36. The average Bonchev–Trinajstić information content (AvgIpc) is 3.16. The van der Waals surface area contributed by atoms with E-state index in [9.17, 15) is 18.0 Å². The number of hydrogen-bond acceptors (Lipinski definition) is 6. The molecule has 0 fully saturated rings. The van der Waals surface area contributed by atoms with Gasteiger partial charge in [0.1, 0.15) is 5.00 Å². The standard InChI is InChI=1S/C24H26N4O4S2/c1-15(2)28-12-11-19-20(14-28)33-24(21(19)22(25)29)26-23(30)16-7-6-8-17(13-16)27-34(31,32)18-9-4-3-5-10-18/h3-10,13,15,27H,11-12,14H2,1-2H3,(H2,25,29)(H,26,30). The highest BCUT2D eigenvalue weighted by atomic mass is 32.2. The first-order valence-electron chi connectivity index (χ1n) is 10.8. The maximum Gasteiger partial charge on any atom is 0.261 e. The molecule has 0 radical (unpaired) electrons. The summed E-state index contributed by atoms with van der Waals surface area (Å²) in [5.41, 5.74) is 7.43. The Morgan fingerprint density at radius 2 is 1.82 bits per heavy atom. The van der Waals surface area contributed by atoms with E-state index in [0.717, 1.165) is 17.0 Å². The van der Waals surface area contributed by atoms with Gasteiger partial charge in [-0.05, 0) is 56.2 Å². The maximum absolute atomic E-state index is 13.0. The van der Waals surface area contributed by atoms with Gasteiger partial charge in [-0.3, -0.25) is 19.2 Å². The van der Waals surface area contributed by atoms with Crippen molar-refractivity contribution in [3.05, 3.63) is 76.2 Å². The van der Waals surface area contributed by atoms with E-state index in [1.165, 1.54) is 29.5 Å². The van der Waals surface area contributed by atoms with Crippen LogP contribution < -0.4 is 15.8 Å². The summed E-state index contributed by atoms with van der Waals surface area (Å²) in [6, 6.07) is 14.5. The first-order valence-corrected chi connectivity index (χ1v) is 13.1. The number of carbonyl (C=O) groups is 2. The summed E-state index contributed by atoms with van der Waals surface area (Å²) in [7, 11) is -3.79. The van der Waals surface area contributed by atoms with Gasteiger partial charge in [0.15, 0.2) is 0 Å². The Morgan fingerprint density at radius 3 is 2.50 bits per heavy atom. The molecule has 0 unspecified atom stereocenters. The Labute approximate surface area is 202 Å². The molecule has 8 nitrogen and oxygen atoms in total. The second-order valence-corrected chi connectivity index (χ2v) is 11.1. The van der Waals surface area contributed by atoms with Crippen LogP contribution in [0.15, 0.2) is 59.5 Å². The third-order valence-corrected chi connectivity index (χ3v) is 8.25. The van der Waals surface area contributed by atoms with Crippen LogP contribution in [0.4, 0.5) is 10.7 Å². The number of rotatable bonds is 7. The average molecular weight is 499 g/mol. The Balaban J connectivity index is 1.57. The molecule has 2 heterocycles. The molecule has 0 bridgehead atoms. The number of amides is 2. The van der Waals surface area contributed by atoms with Crippen molar-refractivity contribution >= 4 is 43.9 Å². The smallest absolute Gasteiger partial charge is 0.261 e. The SMILES string of the molecule is CC(C)N1CCc2c(sc(NC(=O)c3cccc(NS(=O)(=O)c4ccccc4)c3)c2C(N)=O)C1. The number of fused-ring (bicyclic) bond motifs is 1. The fourth-order valence-electron chi connectivity index (χ4n) is 3.93. The van der Waals surface area contributed by atoms with Crippen LogP contribution in [-0.2, 0) is 23.0 Å². The van der Waals surface area contributed by atoms with Crippen LogP contribution in [0.1, 0.15) is 45.0 Å². The maximum atomic E-state index is 13.0. The number of nitrogens with zero attached hydrogens (tertiary/aromatic N) is 1. The zero-order chi connectivity index (χ0) is 24.5. The van der Waals surface area contributed by atoms with Crippen LogP contribution >= 0.6 is 11.3 Å². The van der Waals surface area contributed by atoms with Gasteiger partial charge in [-0.1, -0.05) is 24.3 Å². The predicted octanol–water partition coefficient (Wildman–Crippen LogP) is 3.67. The zero-order valence-corrected chi connectivity index (χ0v) is 20.5.